The topological polar surface area (TPSA) is 87.3 Å². The number of aromatic nitrogens is 2. The minimum Gasteiger partial charge on any atom is -0.467 e. The van der Waals surface area contributed by atoms with Crippen LogP contribution in [-0.4, -0.2) is 46.6 Å². The second-order valence-electron chi connectivity index (χ2n) is 5.95. The highest BCUT2D eigenvalue weighted by molar-refractivity contribution is 5.83. The van der Waals surface area contributed by atoms with Gasteiger partial charge in [-0.25, -0.2) is 23.4 Å². The standard InChI is InChI=1S/C17H18F2N4O3/c1-9(16(24)26-2)22-17(25)23-7-6-12-14(21-8-20-12)15(23)10-4-3-5-11(18)13(10)19/h3-5,8-9,15H,6-7H2,1-2H3,(H,20,21)(H,22,25)/t9-,15-/m1/s1. The summed E-state index contributed by atoms with van der Waals surface area (Å²) in [5, 5.41) is 2.52. The highest BCUT2D eigenvalue weighted by Gasteiger charge is 2.37. The molecule has 2 N–H and O–H groups in total. The number of nitrogens with one attached hydrogen (secondary N) is 2. The van der Waals surface area contributed by atoms with Gasteiger partial charge in [0.05, 0.1) is 19.1 Å². The van der Waals surface area contributed by atoms with E-state index in [2.05, 4.69) is 20.0 Å². The number of amides is 2. The number of hydrogen-bond donors (Lipinski definition) is 2. The van der Waals surface area contributed by atoms with E-state index in [4.69, 9.17) is 0 Å². The highest BCUT2D eigenvalue weighted by atomic mass is 19.2. The minimum atomic E-state index is -1.04. The molecule has 2 heterocycles. The van der Waals surface area contributed by atoms with Crippen molar-refractivity contribution in [3.05, 3.63) is 53.1 Å². The van der Waals surface area contributed by atoms with Crippen LogP contribution in [0.5, 0.6) is 0 Å². The van der Waals surface area contributed by atoms with Crippen molar-refractivity contribution in [2.75, 3.05) is 13.7 Å². The zero-order valence-corrected chi connectivity index (χ0v) is 14.3. The molecule has 7 nitrogen and oxygen atoms in total. The normalized spacial score (nSPS) is 17.4. The number of H-pyrrole nitrogens is 1. The van der Waals surface area contributed by atoms with Crippen molar-refractivity contribution < 1.29 is 23.1 Å². The lowest BCUT2D eigenvalue weighted by Crippen LogP contribution is -2.50. The summed E-state index contributed by atoms with van der Waals surface area (Å²) in [6.45, 7) is 1.72. The summed E-state index contributed by atoms with van der Waals surface area (Å²) in [5.74, 6) is -2.65. The van der Waals surface area contributed by atoms with E-state index in [-0.39, 0.29) is 12.1 Å². The number of nitrogens with zero attached hydrogens (tertiary/aromatic N) is 2. The number of halogens is 2. The quantitative estimate of drug-likeness (QED) is 0.815. The molecule has 2 aromatic rings. The molecule has 2 amide bonds. The Morgan fingerprint density at radius 3 is 2.92 bits per heavy atom. The van der Waals surface area contributed by atoms with Crippen LogP contribution in [0.2, 0.25) is 0 Å². The van der Waals surface area contributed by atoms with Gasteiger partial charge in [0.1, 0.15) is 12.1 Å². The molecule has 3 rings (SSSR count). The van der Waals surface area contributed by atoms with Gasteiger partial charge in [-0.2, -0.15) is 0 Å². The van der Waals surface area contributed by atoms with Crippen LogP contribution in [-0.2, 0) is 16.0 Å². The van der Waals surface area contributed by atoms with Gasteiger partial charge < -0.3 is 19.9 Å². The van der Waals surface area contributed by atoms with E-state index < -0.39 is 35.7 Å². The van der Waals surface area contributed by atoms with Crippen molar-refractivity contribution in [2.45, 2.75) is 25.4 Å². The number of methoxy groups -OCH3 is 1. The molecule has 138 valence electrons. The molecule has 0 fully saturated rings. The van der Waals surface area contributed by atoms with Gasteiger partial charge in [0.25, 0.3) is 0 Å². The third-order valence-electron chi connectivity index (χ3n) is 4.36. The predicted molar refractivity (Wildman–Crippen MR) is 87.2 cm³/mol. The average Bonchev–Trinajstić information content (AvgIpc) is 3.11. The SMILES string of the molecule is COC(=O)[C@@H](C)NC(=O)N1CCc2[nH]cnc2[C@H]1c1cccc(F)c1F. The van der Waals surface area contributed by atoms with E-state index >= 15 is 0 Å². The van der Waals surface area contributed by atoms with Crippen LogP contribution in [0.4, 0.5) is 13.6 Å². The molecule has 0 aliphatic carbocycles. The number of carbonyl (C=O) groups is 2. The molecule has 0 saturated heterocycles. The molecule has 9 heteroatoms. The maximum atomic E-state index is 14.4. The monoisotopic (exact) mass is 364 g/mol. The van der Waals surface area contributed by atoms with Crippen molar-refractivity contribution in [1.82, 2.24) is 20.2 Å². The Kier molecular flexibility index (Phi) is 4.88. The molecule has 2 atom stereocenters. The smallest absolute Gasteiger partial charge is 0.328 e. The molecule has 0 radical (unpaired) electrons. The Balaban J connectivity index is 1.97. The number of carbonyl (C=O) groups excluding carboxylic acids is 2. The molecule has 0 spiro atoms. The third-order valence-corrected chi connectivity index (χ3v) is 4.36. The molecular formula is C17H18F2N4O3. The fraction of sp³-hybridized carbons (Fsp3) is 0.353. The summed E-state index contributed by atoms with van der Waals surface area (Å²) in [7, 11) is 1.22. The maximum Gasteiger partial charge on any atom is 0.328 e. The van der Waals surface area contributed by atoms with Crippen molar-refractivity contribution in [3.8, 4) is 0 Å². The van der Waals surface area contributed by atoms with Gasteiger partial charge in [-0.1, -0.05) is 12.1 Å². The second-order valence-corrected chi connectivity index (χ2v) is 5.95. The second kappa shape index (κ2) is 7.11. The van der Waals surface area contributed by atoms with Crippen LogP contribution >= 0.6 is 0 Å². The molecule has 1 aromatic heterocycles. The van der Waals surface area contributed by atoms with E-state index in [1.807, 2.05) is 0 Å². The first-order valence-corrected chi connectivity index (χ1v) is 8.05. The number of rotatable bonds is 3. The Morgan fingerprint density at radius 1 is 1.42 bits per heavy atom. The molecule has 1 aliphatic heterocycles. The Morgan fingerprint density at radius 2 is 2.19 bits per heavy atom. The first-order chi connectivity index (χ1) is 12.4. The van der Waals surface area contributed by atoms with Crippen LogP contribution in [0.3, 0.4) is 0 Å². The number of fused-ring (bicyclic) bond motifs is 1. The number of urea groups is 1. The van der Waals surface area contributed by atoms with Gasteiger partial charge in [-0.15, -0.1) is 0 Å². The van der Waals surface area contributed by atoms with Gasteiger partial charge in [0.15, 0.2) is 11.6 Å². The highest BCUT2D eigenvalue weighted by Crippen LogP contribution is 2.35. The number of hydrogen-bond acceptors (Lipinski definition) is 4. The summed E-state index contributed by atoms with van der Waals surface area (Å²) < 4.78 is 32.8. The summed E-state index contributed by atoms with van der Waals surface area (Å²) in [5.41, 5.74) is 1.20. The summed E-state index contributed by atoms with van der Waals surface area (Å²) >= 11 is 0. The van der Waals surface area contributed by atoms with Crippen molar-refractivity contribution in [3.63, 3.8) is 0 Å². The fourth-order valence-electron chi connectivity index (χ4n) is 3.05. The van der Waals surface area contributed by atoms with E-state index in [0.29, 0.717) is 12.1 Å². The molecular weight excluding hydrogens is 346 g/mol. The zero-order chi connectivity index (χ0) is 18.8. The fourth-order valence-corrected chi connectivity index (χ4v) is 3.05. The van der Waals surface area contributed by atoms with Crippen LogP contribution in [0.1, 0.15) is 29.9 Å². The van der Waals surface area contributed by atoms with Gasteiger partial charge in [0.2, 0.25) is 0 Å². The minimum absolute atomic E-state index is 0.000999. The van der Waals surface area contributed by atoms with Gasteiger partial charge in [-0.3, -0.25) is 0 Å². The molecule has 0 unspecified atom stereocenters. The molecule has 0 saturated carbocycles. The van der Waals surface area contributed by atoms with Gasteiger partial charge in [-0.05, 0) is 13.0 Å². The maximum absolute atomic E-state index is 14.4. The zero-order valence-electron chi connectivity index (χ0n) is 14.3. The lowest BCUT2D eigenvalue weighted by molar-refractivity contribution is -0.142. The van der Waals surface area contributed by atoms with E-state index in [1.165, 1.54) is 37.4 Å². The largest absolute Gasteiger partial charge is 0.467 e. The van der Waals surface area contributed by atoms with Crippen LogP contribution in [0.15, 0.2) is 24.5 Å². The molecule has 1 aliphatic rings. The molecule has 1 aromatic carbocycles. The molecule has 26 heavy (non-hydrogen) atoms. The first kappa shape index (κ1) is 17.8. The van der Waals surface area contributed by atoms with Crippen LogP contribution in [0.25, 0.3) is 0 Å². The average molecular weight is 364 g/mol. The van der Waals surface area contributed by atoms with E-state index in [0.717, 1.165) is 11.8 Å². The lowest BCUT2D eigenvalue weighted by Gasteiger charge is -2.35. The van der Waals surface area contributed by atoms with Crippen molar-refractivity contribution in [1.29, 1.82) is 0 Å². The van der Waals surface area contributed by atoms with Gasteiger partial charge >= 0.3 is 12.0 Å². The van der Waals surface area contributed by atoms with Crippen LogP contribution < -0.4 is 5.32 Å². The van der Waals surface area contributed by atoms with Crippen molar-refractivity contribution in [2.24, 2.45) is 0 Å². The van der Waals surface area contributed by atoms with E-state index in [1.54, 1.807) is 0 Å². The predicted octanol–water partition coefficient (Wildman–Crippen LogP) is 1.91. The van der Waals surface area contributed by atoms with Crippen LogP contribution in [0, 0.1) is 11.6 Å². The first-order valence-electron chi connectivity index (χ1n) is 8.05. The number of aromatic amines is 1. The number of esters is 1. The molecule has 0 bridgehead atoms. The number of ether oxygens (including phenoxy) is 1. The number of benzene rings is 1. The Bertz CT molecular complexity index is 839. The van der Waals surface area contributed by atoms with Crippen molar-refractivity contribution >= 4 is 12.0 Å². The van der Waals surface area contributed by atoms with E-state index in [9.17, 15) is 18.4 Å². The number of imidazole rings is 1. The lowest BCUT2D eigenvalue weighted by atomic mass is 9.95. The summed E-state index contributed by atoms with van der Waals surface area (Å²) in [4.78, 5) is 32.7. The third kappa shape index (κ3) is 3.12. The summed E-state index contributed by atoms with van der Waals surface area (Å²) in [6, 6.07) is 1.41. The Labute approximate surface area is 148 Å². The van der Waals surface area contributed by atoms with Gasteiger partial charge in [0, 0.05) is 24.2 Å². The summed E-state index contributed by atoms with van der Waals surface area (Å²) in [6.07, 6.45) is 1.93. The Hall–Kier alpha value is -2.97.